The lowest BCUT2D eigenvalue weighted by molar-refractivity contribution is 0.414. The van der Waals surface area contributed by atoms with Crippen molar-refractivity contribution in [2.75, 3.05) is 7.11 Å². The molecule has 0 bridgehead atoms. The molecule has 1 aliphatic rings. The van der Waals surface area contributed by atoms with Gasteiger partial charge in [0.25, 0.3) is 0 Å². The number of fused-ring (bicyclic) bond motifs is 3. The number of aromatic nitrogens is 2. The van der Waals surface area contributed by atoms with Gasteiger partial charge in [-0.3, -0.25) is 0 Å². The molecule has 1 aromatic carbocycles. The Bertz CT molecular complexity index is 671. The summed E-state index contributed by atoms with van der Waals surface area (Å²) < 4.78 is 5.34. The average molecular weight is 282 g/mol. The standard InChI is InChI=1S/C18H22N2O/c1-18(2,3)16-11-13-7-5-6-12-10-14(21-4)8-9-15(12)17(13)20-19-16/h8-11H,5-7H2,1-4H3. The summed E-state index contributed by atoms with van der Waals surface area (Å²) >= 11 is 0. The topological polar surface area (TPSA) is 35.0 Å². The zero-order valence-electron chi connectivity index (χ0n) is 13.2. The highest BCUT2D eigenvalue weighted by Crippen LogP contribution is 2.34. The summed E-state index contributed by atoms with van der Waals surface area (Å²) in [4.78, 5) is 0. The summed E-state index contributed by atoms with van der Waals surface area (Å²) in [5, 5.41) is 9.02. The summed E-state index contributed by atoms with van der Waals surface area (Å²) in [7, 11) is 1.71. The summed E-state index contributed by atoms with van der Waals surface area (Å²) in [6, 6.07) is 8.49. The maximum atomic E-state index is 5.34. The Morgan fingerprint density at radius 3 is 2.48 bits per heavy atom. The van der Waals surface area contributed by atoms with Crippen molar-refractivity contribution in [2.24, 2.45) is 0 Å². The van der Waals surface area contributed by atoms with Crippen molar-refractivity contribution in [3.05, 3.63) is 41.1 Å². The predicted octanol–water partition coefficient (Wildman–Crippen LogP) is 3.94. The van der Waals surface area contributed by atoms with Gasteiger partial charge in [-0.2, -0.15) is 5.10 Å². The number of rotatable bonds is 1. The van der Waals surface area contributed by atoms with E-state index in [-0.39, 0.29) is 5.41 Å². The van der Waals surface area contributed by atoms with Crippen LogP contribution in [0.2, 0.25) is 0 Å². The van der Waals surface area contributed by atoms with Crippen molar-refractivity contribution in [1.29, 1.82) is 0 Å². The van der Waals surface area contributed by atoms with Crippen LogP contribution in [0.3, 0.4) is 0 Å². The van der Waals surface area contributed by atoms with Gasteiger partial charge >= 0.3 is 0 Å². The van der Waals surface area contributed by atoms with Gasteiger partial charge < -0.3 is 4.74 Å². The van der Waals surface area contributed by atoms with Crippen molar-refractivity contribution < 1.29 is 4.74 Å². The number of aryl methyl sites for hydroxylation is 2. The fourth-order valence-corrected chi connectivity index (χ4v) is 2.82. The second-order valence-corrected chi connectivity index (χ2v) is 6.73. The van der Waals surface area contributed by atoms with Crippen LogP contribution < -0.4 is 4.74 Å². The fraction of sp³-hybridized carbons (Fsp3) is 0.444. The van der Waals surface area contributed by atoms with Gasteiger partial charge in [-0.25, -0.2) is 0 Å². The Hall–Kier alpha value is -1.90. The van der Waals surface area contributed by atoms with Gasteiger partial charge in [0.1, 0.15) is 5.75 Å². The predicted molar refractivity (Wildman–Crippen MR) is 84.7 cm³/mol. The van der Waals surface area contributed by atoms with Crippen molar-refractivity contribution in [3.8, 4) is 17.0 Å². The van der Waals surface area contributed by atoms with Crippen molar-refractivity contribution in [1.82, 2.24) is 10.2 Å². The molecule has 0 saturated heterocycles. The molecule has 0 unspecified atom stereocenters. The lowest BCUT2D eigenvalue weighted by Gasteiger charge is -2.18. The van der Waals surface area contributed by atoms with E-state index in [1.165, 1.54) is 16.7 Å². The average Bonchev–Trinajstić information content (AvgIpc) is 2.64. The molecule has 21 heavy (non-hydrogen) atoms. The molecule has 0 atom stereocenters. The van der Waals surface area contributed by atoms with Crippen LogP contribution in [0.5, 0.6) is 5.75 Å². The third kappa shape index (κ3) is 2.65. The zero-order valence-corrected chi connectivity index (χ0v) is 13.2. The molecular weight excluding hydrogens is 260 g/mol. The highest BCUT2D eigenvalue weighted by Gasteiger charge is 2.21. The molecule has 0 spiro atoms. The van der Waals surface area contributed by atoms with Gasteiger partial charge in [0.05, 0.1) is 18.5 Å². The quantitative estimate of drug-likeness (QED) is 0.794. The van der Waals surface area contributed by atoms with Crippen LogP contribution in [0, 0.1) is 0 Å². The number of hydrogen-bond donors (Lipinski definition) is 0. The van der Waals surface area contributed by atoms with E-state index < -0.39 is 0 Å². The Morgan fingerprint density at radius 1 is 1.00 bits per heavy atom. The summed E-state index contributed by atoms with van der Waals surface area (Å²) in [5.74, 6) is 0.913. The number of benzene rings is 1. The lowest BCUT2D eigenvalue weighted by Crippen LogP contribution is -2.15. The van der Waals surface area contributed by atoms with Crippen LogP contribution in [-0.2, 0) is 18.3 Å². The van der Waals surface area contributed by atoms with Gasteiger partial charge in [0, 0.05) is 11.0 Å². The molecule has 0 N–H and O–H groups in total. The van der Waals surface area contributed by atoms with Crippen LogP contribution >= 0.6 is 0 Å². The van der Waals surface area contributed by atoms with E-state index in [1.807, 2.05) is 6.07 Å². The van der Waals surface area contributed by atoms with Gasteiger partial charge in [0.2, 0.25) is 0 Å². The fourth-order valence-electron chi connectivity index (χ4n) is 2.82. The second-order valence-electron chi connectivity index (χ2n) is 6.73. The van der Waals surface area contributed by atoms with Crippen molar-refractivity contribution in [3.63, 3.8) is 0 Å². The molecule has 3 nitrogen and oxygen atoms in total. The number of ether oxygens (including phenoxy) is 1. The van der Waals surface area contributed by atoms with E-state index in [1.54, 1.807) is 7.11 Å². The SMILES string of the molecule is COc1ccc2c(c1)CCCc1cc(C(C)(C)C)nnc1-2. The van der Waals surface area contributed by atoms with Crippen LogP contribution in [0.25, 0.3) is 11.3 Å². The molecule has 0 fully saturated rings. The van der Waals surface area contributed by atoms with Crippen LogP contribution in [-0.4, -0.2) is 17.3 Å². The monoisotopic (exact) mass is 282 g/mol. The van der Waals surface area contributed by atoms with Crippen molar-refractivity contribution in [2.45, 2.75) is 45.4 Å². The third-order valence-electron chi connectivity index (χ3n) is 4.10. The Labute approximate surface area is 126 Å². The molecule has 0 saturated carbocycles. The van der Waals surface area contributed by atoms with Crippen LogP contribution in [0.4, 0.5) is 0 Å². The van der Waals surface area contributed by atoms with Gasteiger partial charge in [-0.05, 0) is 54.7 Å². The molecule has 1 aliphatic carbocycles. The molecule has 0 aliphatic heterocycles. The van der Waals surface area contributed by atoms with Gasteiger partial charge in [-0.1, -0.05) is 20.8 Å². The largest absolute Gasteiger partial charge is 0.497 e. The molecule has 1 aromatic heterocycles. The van der Waals surface area contributed by atoms with E-state index >= 15 is 0 Å². The smallest absolute Gasteiger partial charge is 0.119 e. The number of methoxy groups -OCH3 is 1. The van der Waals surface area contributed by atoms with Gasteiger partial charge in [-0.15, -0.1) is 5.10 Å². The molecular formula is C18H22N2O. The van der Waals surface area contributed by atoms with E-state index in [4.69, 9.17) is 4.74 Å². The first kappa shape index (κ1) is 14.1. The Morgan fingerprint density at radius 2 is 1.76 bits per heavy atom. The number of hydrogen-bond acceptors (Lipinski definition) is 3. The minimum Gasteiger partial charge on any atom is -0.497 e. The summed E-state index contributed by atoms with van der Waals surface area (Å²) in [6.07, 6.45) is 3.26. The first-order chi connectivity index (χ1) is 9.99. The van der Waals surface area contributed by atoms with Crippen LogP contribution in [0.1, 0.15) is 44.0 Å². The first-order valence-corrected chi connectivity index (χ1v) is 7.53. The van der Waals surface area contributed by atoms with Gasteiger partial charge in [0.15, 0.2) is 0 Å². The first-order valence-electron chi connectivity index (χ1n) is 7.53. The van der Waals surface area contributed by atoms with E-state index in [0.29, 0.717) is 0 Å². The van der Waals surface area contributed by atoms with Crippen molar-refractivity contribution >= 4 is 0 Å². The highest BCUT2D eigenvalue weighted by molar-refractivity contribution is 5.69. The molecule has 0 amide bonds. The molecule has 1 heterocycles. The van der Waals surface area contributed by atoms with E-state index in [2.05, 4.69) is 49.2 Å². The molecule has 3 rings (SSSR count). The second kappa shape index (κ2) is 5.14. The van der Waals surface area contributed by atoms with E-state index in [0.717, 1.165) is 36.4 Å². The minimum absolute atomic E-state index is 0.0388. The molecule has 2 aromatic rings. The summed E-state index contributed by atoms with van der Waals surface area (Å²) in [5.41, 5.74) is 5.98. The lowest BCUT2D eigenvalue weighted by atomic mass is 9.90. The highest BCUT2D eigenvalue weighted by atomic mass is 16.5. The maximum Gasteiger partial charge on any atom is 0.119 e. The van der Waals surface area contributed by atoms with E-state index in [9.17, 15) is 0 Å². The minimum atomic E-state index is 0.0388. The zero-order chi connectivity index (χ0) is 15.0. The van der Waals surface area contributed by atoms with Crippen LogP contribution in [0.15, 0.2) is 24.3 Å². The maximum absolute atomic E-state index is 5.34. The number of nitrogens with zero attached hydrogens (tertiary/aromatic N) is 2. The Kier molecular flexibility index (Phi) is 3.44. The third-order valence-corrected chi connectivity index (χ3v) is 4.10. The molecule has 0 radical (unpaired) electrons. The normalized spacial score (nSPS) is 14.1. The molecule has 110 valence electrons. The Balaban J connectivity index is 2.12. The molecule has 3 heteroatoms. The summed E-state index contributed by atoms with van der Waals surface area (Å²) in [6.45, 7) is 6.54.